The minimum absolute atomic E-state index is 0.0513. The molecule has 1 aromatic heterocycles. The van der Waals surface area contributed by atoms with Gasteiger partial charge in [0.25, 0.3) is 5.91 Å². The van der Waals surface area contributed by atoms with E-state index in [1.807, 2.05) is 0 Å². The SMILES string of the molecule is O=C(COc1ccc(Cl)c(F)c1)NCCCCC(=O)Nc1ccc(OC(F)(F)F)nc1. The number of ether oxygens (including phenoxy) is 2. The lowest BCUT2D eigenvalue weighted by atomic mass is 10.2. The summed E-state index contributed by atoms with van der Waals surface area (Å²) >= 11 is 5.55. The molecule has 7 nitrogen and oxygen atoms in total. The normalized spacial score (nSPS) is 11.0. The number of unbranched alkanes of at least 4 members (excludes halogenated alkanes) is 1. The van der Waals surface area contributed by atoms with Gasteiger partial charge in [-0.1, -0.05) is 11.6 Å². The molecule has 0 aliphatic rings. The number of halogens is 5. The lowest BCUT2D eigenvalue weighted by Crippen LogP contribution is -2.29. The Morgan fingerprint density at radius 2 is 1.87 bits per heavy atom. The molecular weight excluding hydrogens is 446 g/mol. The predicted octanol–water partition coefficient (Wildman–Crippen LogP) is 4.08. The third-order valence-electron chi connectivity index (χ3n) is 3.65. The molecule has 0 saturated heterocycles. The van der Waals surface area contributed by atoms with E-state index in [1.54, 1.807) is 0 Å². The Labute approximate surface area is 179 Å². The van der Waals surface area contributed by atoms with Gasteiger partial charge in [-0.15, -0.1) is 13.2 Å². The van der Waals surface area contributed by atoms with Gasteiger partial charge in [-0.25, -0.2) is 9.37 Å². The summed E-state index contributed by atoms with van der Waals surface area (Å²) in [5, 5.41) is 5.04. The van der Waals surface area contributed by atoms with Gasteiger partial charge < -0.3 is 20.1 Å². The van der Waals surface area contributed by atoms with Crippen LogP contribution in [0, 0.1) is 5.82 Å². The highest BCUT2D eigenvalue weighted by molar-refractivity contribution is 6.30. The Morgan fingerprint density at radius 3 is 2.52 bits per heavy atom. The average Bonchev–Trinajstić information content (AvgIpc) is 2.69. The van der Waals surface area contributed by atoms with Crippen molar-refractivity contribution in [2.45, 2.75) is 25.6 Å². The molecule has 0 aliphatic heterocycles. The highest BCUT2D eigenvalue weighted by Crippen LogP contribution is 2.22. The molecule has 0 atom stereocenters. The number of hydrogen-bond acceptors (Lipinski definition) is 5. The number of carbonyl (C=O) groups is 2. The van der Waals surface area contributed by atoms with Crippen LogP contribution in [0.1, 0.15) is 19.3 Å². The number of benzene rings is 1. The molecule has 0 aliphatic carbocycles. The predicted molar refractivity (Wildman–Crippen MR) is 103 cm³/mol. The number of hydrogen-bond donors (Lipinski definition) is 2. The lowest BCUT2D eigenvalue weighted by Gasteiger charge is -2.09. The summed E-state index contributed by atoms with van der Waals surface area (Å²) < 4.78 is 58.3. The van der Waals surface area contributed by atoms with Crippen LogP contribution >= 0.6 is 11.6 Å². The molecule has 1 heterocycles. The van der Waals surface area contributed by atoms with Crippen molar-refractivity contribution in [1.82, 2.24) is 10.3 Å². The zero-order chi connectivity index (χ0) is 22.9. The first-order valence-electron chi connectivity index (χ1n) is 8.98. The fourth-order valence-electron chi connectivity index (χ4n) is 2.26. The molecule has 0 bridgehead atoms. The maximum absolute atomic E-state index is 13.3. The number of nitrogens with one attached hydrogen (secondary N) is 2. The molecule has 2 amide bonds. The van der Waals surface area contributed by atoms with Gasteiger partial charge in [0.15, 0.2) is 6.61 Å². The minimum Gasteiger partial charge on any atom is -0.484 e. The second-order valence-electron chi connectivity index (χ2n) is 6.15. The minimum atomic E-state index is -4.84. The fraction of sp³-hybridized carbons (Fsp3) is 0.316. The molecule has 12 heteroatoms. The van der Waals surface area contributed by atoms with Gasteiger partial charge in [0, 0.05) is 25.1 Å². The van der Waals surface area contributed by atoms with Crippen LogP contribution in [0.3, 0.4) is 0 Å². The van der Waals surface area contributed by atoms with Crippen molar-refractivity contribution < 1.29 is 36.6 Å². The quantitative estimate of drug-likeness (QED) is 0.409. The third kappa shape index (κ3) is 9.51. The molecule has 2 N–H and O–H groups in total. The van der Waals surface area contributed by atoms with Crippen molar-refractivity contribution in [3.63, 3.8) is 0 Å². The van der Waals surface area contributed by atoms with E-state index >= 15 is 0 Å². The van der Waals surface area contributed by atoms with Gasteiger partial charge in [0.05, 0.1) is 16.9 Å². The van der Waals surface area contributed by atoms with E-state index in [0.717, 1.165) is 18.3 Å². The first-order chi connectivity index (χ1) is 14.6. The third-order valence-corrected chi connectivity index (χ3v) is 3.96. The van der Waals surface area contributed by atoms with Crippen molar-refractivity contribution in [2.24, 2.45) is 0 Å². The molecule has 0 spiro atoms. The summed E-state index contributed by atoms with van der Waals surface area (Å²) in [7, 11) is 0. The molecule has 31 heavy (non-hydrogen) atoms. The Hall–Kier alpha value is -3.08. The van der Waals surface area contributed by atoms with Crippen molar-refractivity contribution in [2.75, 3.05) is 18.5 Å². The summed E-state index contributed by atoms with van der Waals surface area (Å²) in [4.78, 5) is 27.0. The van der Waals surface area contributed by atoms with Crippen LogP contribution in [0.15, 0.2) is 36.5 Å². The largest absolute Gasteiger partial charge is 0.574 e. The molecule has 0 radical (unpaired) electrons. The molecule has 2 aromatic rings. The summed E-state index contributed by atoms with van der Waals surface area (Å²) in [5.74, 6) is -1.88. The van der Waals surface area contributed by atoms with E-state index < -0.39 is 24.0 Å². The highest BCUT2D eigenvalue weighted by Gasteiger charge is 2.31. The van der Waals surface area contributed by atoms with Crippen molar-refractivity contribution in [1.29, 1.82) is 0 Å². The number of amides is 2. The second-order valence-corrected chi connectivity index (χ2v) is 6.56. The van der Waals surface area contributed by atoms with Gasteiger partial charge in [0.2, 0.25) is 11.8 Å². The molecule has 0 unspecified atom stereocenters. The smallest absolute Gasteiger partial charge is 0.484 e. The Bertz CT molecular complexity index is 895. The van der Waals surface area contributed by atoms with Crippen molar-refractivity contribution in [3.8, 4) is 11.6 Å². The second kappa shape index (κ2) is 11.3. The average molecular weight is 464 g/mol. The Morgan fingerprint density at radius 1 is 1.10 bits per heavy atom. The summed E-state index contributed by atoms with van der Waals surface area (Å²) in [5.41, 5.74) is 0.226. The van der Waals surface area contributed by atoms with E-state index in [0.29, 0.717) is 19.4 Å². The zero-order valence-electron chi connectivity index (χ0n) is 16.0. The van der Waals surface area contributed by atoms with Crippen LogP contribution in [-0.2, 0) is 9.59 Å². The van der Waals surface area contributed by atoms with Crippen LogP contribution in [0.5, 0.6) is 11.6 Å². The standard InChI is InChI=1S/C19H18ClF4N3O4/c20-14-6-5-13(9-15(14)21)30-11-17(29)25-8-2-1-3-16(28)27-12-4-7-18(26-10-12)31-19(22,23)24/h4-7,9-10H,1-3,8,11H2,(H,25,29)(H,27,28). The van der Waals surface area contributed by atoms with Gasteiger partial charge in [-0.3, -0.25) is 9.59 Å². The number of pyridine rings is 1. The van der Waals surface area contributed by atoms with Gasteiger partial charge in [-0.2, -0.15) is 0 Å². The van der Waals surface area contributed by atoms with E-state index in [4.69, 9.17) is 16.3 Å². The van der Waals surface area contributed by atoms with Gasteiger partial charge in [0.1, 0.15) is 11.6 Å². The maximum atomic E-state index is 13.3. The van der Waals surface area contributed by atoms with Crippen molar-refractivity contribution in [3.05, 3.63) is 47.4 Å². The number of rotatable bonds is 10. The fourth-order valence-corrected chi connectivity index (χ4v) is 2.38. The van der Waals surface area contributed by atoms with Crippen molar-refractivity contribution >= 4 is 29.1 Å². The zero-order valence-corrected chi connectivity index (χ0v) is 16.7. The summed E-state index contributed by atoms with van der Waals surface area (Å²) in [6, 6.07) is 6.04. The molecule has 1 aromatic carbocycles. The monoisotopic (exact) mass is 463 g/mol. The number of aromatic nitrogens is 1. The molecule has 2 rings (SSSR count). The van der Waals surface area contributed by atoms with E-state index in [-0.39, 0.29) is 35.4 Å². The molecule has 0 fully saturated rings. The number of anilines is 1. The number of alkyl halides is 3. The van der Waals surface area contributed by atoms with Crippen LogP contribution < -0.4 is 20.1 Å². The van der Waals surface area contributed by atoms with Crippen LogP contribution in [0.4, 0.5) is 23.2 Å². The van der Waals surface area contributed by atoms with Gasteiger partial charge in [-0.05, 0) is 31.0 Å². The Kier molecular flexibility index (Phi) is 8.86. The van der Waals surface area contributed by atoms with Crippen LogP contribution in [0.25, 0.3) is 0 Å². The number of carbonyl (C=O) groups excluding carboxylic acids is 2. The first-order valence-corrected chi connectivity index (χ1v) is 9.36. The topological polar surface area (TPSA) is 89.5 Å². The maximum Gasteiger partial charge on any atom is 0.574 e. The highest BCUT2D eigenvalue weighted by atomic mass is 35.5. The molecule has 168 valence electrons. The Balaban J connectivity index is 1.59. The summed E-state index contributed by atoms with van der Waals surface area (Å²) in [6.45, 7) is -0.00189. The molecular formula is C19H18ClF4N3O4. The summed E-state index contributed by atoms with van der Waals surface area (Å²) in [6.07, 6.45) is -2.69. The van der Waals surface area contributed by atoms with E-state index in [2.05, 4.69) is 20.4 Å². The molecule has 0 saturated carbocycles. The number of nitrogens with zero attached hydrogens (tertiary/aromatic N) is 1. The first kappa shape index (κ1) is 24.2. The lowest BCUT2D eigenvalue weighted by molar-refractivity contribution is -0.276. The van der Waals surface area contributed by atoms with Gasteiger partial charge >= 0.3 is 6.36 Å². The van der Waals surface area contributed by atoms with E-state index in [9.17, 15) is 27.2 Å². The van der Waals surface area contributed by atoms with E-state index in [1.165, 1.54) is 18.2 Å². The van der Waals surface area contributed by atoms with Crippen LogP contribution in [0.2, 0.25) is 5.02 Å². The van der Waals surface area contributed by atoms with Crippen LogP contribution in [-0.4, -0.2) is 36.3 Å².